The molecule has 0 radical (unpaired) electrons. The van der Waals surface area contributed by atoms with Gasteiger partial charge < -0.3 is 4.42 Å². The lowest BCUT2D eigenvalue weighted by molar-refractivity contribution is 0.669. The van der Waals surface area contributed by atoms with E-state index in [2.05, 4.69) is 224 Å². The van der Waals surface area contributed by atoms with E-state index in [1.807, 2.05) is 6.07 Å². The molecular formula is C62H39NO. The number of rotatable bonds is 6. The molecule has 1 aromatic heterocycles. The number of para-hydroxylation sites is 2. The summed E-state index contributed by atoms with van der Waals surface area (Å²) in [7, 11) is 0. The molecule has 13 rings (SSSR count). The van der Waals surface area contributed by atoms with Gasteiger partial charge in [-0.1, -0.05) is 182 Å². The summed E-state index contributed by atoms with van der Waals surface area (Å²) in [5, 5.41) is 9.94. The van der Waals surface area contributed by atoms with Crippen LogP contribution in [0.4, 0.5) is 5.69 Å². The van der Waals surface area contributed by atoms with Crippen molar-refractivity contribution < 1.29 is 4.42 Å². The number of furan rings is 1. The molecule has 0 aliphatic carbocycles. The number of hydrogen-bond donors (Lipinski definition) is 0. The second kappa shape index (κ2) is 14.7. The fraction of sp³-hybridized carbons (Fsp3) is 0.0161. The first-order valence-corrected chi connectivity index (χ1v) is 22.0. The molecule has 1 aliphatic rings. The van der Waals surface area contributed by atoms with Crippen molar-refractivity contribution in [3.63, 3.8) is 0 Å². The predicted molar refractivity (Wildman–Crippen MR) is 269 cm³/mol. The Morgan fingerprint density at radius 3 is 1.55 bits per heavy atom. The molecule has 64 heavy (non-hydrogen) atoms. The summed E-state index contributed by atoms with van der Waals surface area (Å²) in [5.41, 5.74) is 16.7. The topological polar surface area (TPSA) is 25.5 Å². The van der Waals surface area contributed by atoms with Crippen molar-refractivity contribution in [3.05, 3.63) is 247 Å². The number of benzene rings is 11. The number of hydrogen-bond acceptors (Lipinski definition) is 2. The molecule has 0 spiro atoms. The van der Waals surface area contributed by atoms with Crippen LogP contribution in [0.15, 0.2) is 240 Å². The van der Waals surface area contributed by atoms with Crippen LogP contribution in [0.5, 0.6) is 0 Å². The number of aliphatic imine (C=N–C) groups is 1. The van der Waals surface area contributed by atoms with Crippen LogP contribution in [0.3, 0.4) is 0 Å². The van der Waals surface area contributed by atoms with Crippen LogP contribution >= 0.6 is 0 Å². The molecule has 0 N–H and O–H groups in total. The van der Waals surface area contributed by atoms with Crippen molar-refractivity contribution in [1.82, 2.24) is 0 Å². The Balaban J connectivity index is 0.918. The molecule has 0 bridgehead atoms. The molecule has 1 atom stereocenters. The van der Waals surface area contributed by atoms with E-state index in [9.17, 15) is 0 Å². The molecule has 0 fully saturated rings. The minimum absolute atomic E-state index is 0.0590. The molecule has 0 amide bonds. The van der Waals surface area contributed by atoms with Crippen molar-refractivity contribution in [2.75, 3.05) is 0 Å². The molecule has 0 saturated heterocycles. The van der Waals surface area contributed by atoms with Crippen LogP contribution in [-0.2, 0) is 0 Å². The number of nitrogens with zero attached hydrogens (tertiary/aromatic N) is 1. The normalized spacial score (nSPS) is 13.6. The Hall–Kier alpha value is -8.33. The zero-order chi connectivity index (χ0) is 42.1. The van der Waals surface area contributed by atoms with Gasteiger partial charge in [-0.3, -0.25) is 4.99 Å². The van der Waals surface area contributed by atoms with Crippen molar-refractivity contribution in [3.8, 4) is 44.5 Å². The van der Waals surface area contributed by atoms with Gasteiger partial charge in [0, 0.05) is 10.8 Å². The second-order valence-electron chi connectivity index (χ2n) is 17.0. The maximum Gasteiger partial charge on any atom is 0.136 e. The van der Waals surface area contributed by atoms with Crippen LogP contribution in [0.2, 0.25) is 0 Å². The summed E-state index contributed by atoms with van der Waals surface area (Å²) >= 11 is 0. The Morgan fingerprint density at radius 1 is 0.312 bits per heavy atom. The first-order chi connectivity index (χ1) is 31.7. The zero-order valence-corrected chi connectivity index (χ0v) is 34.9. The average Bonchev–Trinajstić information content (AvgIpc) is 3.96. The lowest BCUT2D eigenvalue weighted by atomic mass is 9.85. The molecular weight excluding hydrogens is 775 g/mol. The van der Waals surface area contributed by atoms with Crippen LogP contribution in [-0.4, -0.2) is 5.71 Å². The molecule has 2 nitrogen and oxygen atoms in total. The molecule has 0 saturated carbocycles. The molecule has 2 heteroatoms. The first kappa shape index (κ1) is 36.3. The van der Waals surface area contributed by atoms with E-state index >= 15 is 0 Å². The smallest absolute Gasteiger partial charge is 0.136 e. The Labute approximate surface area is 371 Å². The highest BCUT2D eigenvalue weighted by Crippen LogP contribution is 2.45. The Bertz CT molecular complexity index is 3820. The van der Waals surface area contributed by atoms with Gasteiger partial charge in [0.15, 0.2) is 0 Å². The molecule has 1 aliphatic heterocycles. The lowest BCUT2D eigenvalue weighted by Crippen LogP contribution is -2.11. The van der Waals surface area contributed by atoms with Crippen LogP contribution < -0.4 is 0 Å². The summed E-state index contributed by atoms with van der Waals surface area (Å²) in [6.07, 6.45) is 0. The maximum absolute atomic E-state index is 6.66. The fourth-order valence-corrected chi connectivity index (χ4v) is 10.3. The lowest BCUT2D eigenvalue weighted by Gasteiger charge is -2.17. The van der Waals surface area contributed by atoms with Gasteiger partial charge in [0.1, 0.15) is 11.2 Å². The van der Waals surface area contributed by atoms with E-state index in [1.54, 1.807) is 0 Å². The summed E-state index contributed by atoms with van der Waals surface area (Å²) in [4.78, 5) is 5.26. The third-order valence-electron chi connectivity index (χ3n) is 13.3. The largest absolute Gasteiger partial charge is 0.456 e. The maximum atomic E-state index is 6.66. The fourth-order valence-electron chi connectivity index (χ4n) is 10.3. The third kappa shape index (κ3) is 5.91. The highest BCUT2D eigenvalue weighted by atomic mass is 16.3. The van der Waals surface area contributed by atoms with Crippen LogP contribution in [0, 0.1) is 0 Å². The summed E-state index contributed by atoms with van der Waals surface area (Å²) in [6, 6.07) is 83.6. The molecule has 12 aromatic rings. The van der Waals surface area contributed by atoms with Gasteiger partial charge >= 0.3 is 0 Å². The Kier molecular flexibility index (Phi) is 8.32. The SMILES string of the molecule is c1ccc(C2C(c3cccc(-c4cc(-c5cccc(-c6cccc(-c7ccc8c9ccccc9c9ccccc9c8c7)c6)c5)c5c(c4)oc4ccccc45)c3)=Nc3ccccc32)cc1. The highest BCUT2D eigenvalue weighted by Gasteiger charge is 2.29. The van der Waals surface area contributed by atoms with Crippen molar-refractivity contribution in [1.29, 1.82) is 0 Å². The minimum atomic E-state index is 0.0590. The molecule has 1 unspecified atom stereocenters. The molecule has 2 heterocycles. The standard InChI is InChI=1S/C62H39NO/c1-2-15-39(16-3-1)60-53-27-8-10-29-57(53)63-62(60)46-22-14-20-43(35-46)47-37-55(61-54-28-9-11-30-58(54)64-59(61)38-47)45-21-13-19-42(34-45)40-17-12-18-41(33-40)44-31-32-52-50-25-5-4-23-48(50)49-24-6-7-26-51(49)56(52)36-44/h1-38,60H. The van der Waals surface area contributed by atoms with Crippen LogP contribution in [0.25, 0.3) is 98.8 Å². The van der Waals surface area contributed by atoms with E-state index in [-0.39, 0.29) is 5.92 Å². The molecule has 298 valence electrons. The van der Waals surface area contributed by atoms with Gasteiger partial charge in [-0.05, 0) is 142 Å². The van der Waals surface area contributed by atoms with E-state index in [0.29, 0.717) is 0 Å². The van der Waals surface area contributed by atoms with Crippen molar-refractivity contribution in [2.45, 2.75) is 5.92 Å². The number of fused-ring (bicyclic) bond motifs is 10. The van der Waals surface area contributed by atoms with Gasteiger partial charge in [-0.15, -0.1) is 0 Å². The Morgan fingerprint density at radius 2 is 0.828 bits per heavy atom. The average molecular weight is 814 g/mol. The highest BCUT2D eigenvalue weighted by molar-refractivity contribution is 6.26. The van der Waals surface area contributed by atoms with Gasteiger partial charge in [0.2, 0.25) is 0 Å². The van der Waals surface area contributed by atoms with Gasteiger partial charge in [-0.25, -0.2) is 0 Å². The van der Waals surface area contributed by atoms with E-state index in [4.69, 9.17) is 9.41 Å². The molecule has 11 aromatic carbocycles. The second-order valence-corrected chi connectivity index (χ2v) is 17.0. The van der Waals surface area contributed by atoms with Crippen LogP contribution in [0.1, 0.15) is 22.6 Å². The van der Waals surface area contributed by atoms with E-state index < -0.39 is 0 Å². The zero-order valence-electron chi connectivity index (χ0n) is 34.9. The monoisotopic (exact) mass is 813 g/mol. The van der Waals surface area contributed by atoms with E-state index in [0.717, 1.165) is 66.7 Å². The van der Waals surface area contributed by atoms with E-state index in [1.165, 1.54) is 60.1 Å². The van der Waals surface area contributed by atoms with Crippen molar-refractivity contribution in [2.24, 2.45) is 4.99 Å². The summed E-state index contributed by atoms with van der Waals surface area (Å²) < 4.78 is 6.66. The summed E-state index contributed by atoms with van der Waals surface area (Å²) in [5.74, 6) is 0.0590. The van der Waals surface area contributed by atoms with Crippen molar-refractivity contribution >= 4 is 65.7 Å². The third-order valence-corrected chi connectivity index (χ3v) is 13.3. The minimum Gasteiger partial charge on any atom is -0.456 e. The van der Waals surface area contributed by atoms with Gasteiger partial charge in [-0.2, -0.15) is 0 Å². The first-order valence-electron chi connectivity index (χ1n) is 22.0. The van der Waals surface area contributed by atoms with Gasteiger partial charge in [0.05, 0.1) is 17.3 Å². The quantitative estimate of drug-likeness (QED) is 0.154. The van der Waals surface area contributed by atoms with Gasteiger partial charge in [0.25, 0.3) is 0 Å². The summed E-state index contributed by atoms with van der Waals surface area (Å²) in [6.45, 7) is 0. The predicted octanol–water partition coefficient (Wildman–Crippen LogP) is 17.0.